The fourth-order valence-electron chi connectivity index (χ4n) is 3.94. The minimum atomic E-state index is -0.0792. The molecule has 0 saturated heterocycles. The molecule has 0 radical (unpaired) electrons. The van der Waals surface area contributed by atoms with E-state index in [1.807, 2.05) is 60.7 Å². The normalized spacial score (nSPS) is 15.9. The van der Waals surface area contributed by atoms with E-state index in [4.69, 9.17) is 4.74 Å². The molecule has 30 heavy (non-hydrogen) atoms. The SMILES string of the molecule is O=C(NCCOCc1ccccc1)C1CCc2[nH]n(-c3ccccc3)c(=O)c2CC1. The van der Waals surface area contributed by atoms with Crippen LogP contribution in [0.2, 0.25) is 0 Å². The molecule has 4 rings (SSSR count). The minimum Gasteiger partial charge on any atom is -0.375 e. The first-order chi connectivity index (χ1) is 14.7. The number of aryl methyl sites for hydroxylation is 1. The maximum atomic E-state index is 12.8. The summed E-state index contributed by atoms with van der Waals surface area (Å²) in [5.41, 5.74) is 3.70. The van der Waals surface area contributed by atoms with E-state index >= 15 is 0 Å². The standard InChI is InChI=1S/C24H27N3O3/c28-23(25-15-16-30-17-18-7-3-1-4-8-18)19-11-13-21-22(14-12-19)26-27(24(21)29)20-9-5-2-6-10-20/h1-10,19,26H,11-17H2,(H,25,28). The number of benzene rings is 2. The van der Waals surface area contributed by atoms with Crippen molar-refractivity contribution in [2.24, 2.45) is 5.92 Å². The van der Waals surface area contributed by atoms with Gasteiger partial charge >= 0.3 is 0 Å². The van der Waals surface area contributed by atoms with Gasteiger partial charge in [-0.25, -0.2) is 4.68 Å². The fourth-order valence-corrected chi connectivity index (χ4v) is 3.94. The molecule has 1 heterocycles. The third-order valence-electron chi connectivity index (χ3n) is 5.60. The summed E-state index contributed by atoms with van der Waals surface area (Å²) >= 11 is 0. The number of ether oxygens (including phenoxy) is 1. The molecule has 6 nitrogen and oxygen atoms in total. The predicted molar refractivity (Wildman–Crippen MR) is 116 cm³/mol. The number of hydrogen-bond acceptors (Lipinski definition) is 3. The zero-order valence-corrected chi connectivity index (χ0v) is 17.0. The molecule has 156 valence electrons. The van der Waals surface area contributed by atoms with Crippen LogP contribution in [0.1, 0.15) is 29.7 Å². The first kappa shape index (κ1) is 20.2. The van der Waals surface area contributed by atoms with Crippen molar-refractivity contribution in [2.45, 2.75) is 32.3 Å². The van der Waals surface area contributed by atoms with Crippen LogP contribution < -0.4 is 10.9 Å². The molecule has 0 spiro atoms. The van der Waals surface area contributed by atoms with Gasteiger partial charge in [0.15, 0.2) is 0 Å². The van der Waals surface area contributed by atoms with Gasteiger partial charge in [0.25, 0.3) is 5.56 Å². The van der Waals surface area contributed by atoms with Gasteiger partial charge in [-0.05, 0) is 43.4 Å². The molecule has 2 N–H and O–H groups in total. The molecule has 0 aliphatic heterocycles. The fraction of sp³-hybridized carbons (Fsp3) is 0.333. The van der Waals surface area contributed by atoms with Crippen LogP contribution in [0.4, 0.5) is 0 Å². The highest BCUT2D eigenvalue weighted by Gasteiger charge is 2.25. The number of carbonyl (C=O) groups excluding carboxylic acids is 1. The summed E-state index contributed by atoms with van der Waals surface area (Å²) in [4.78, 5) is 25.4. The van der Waals surface area contributed by atoms with Gasteiger partial charge in [-0.1, -0.05) is 48.5 Å². The average molecular weight is 405 g/mol. The molecule has 1 atom stereocenters. The Kier molecular flexibility index (Phi) is 6.44. The van der Waals surface area contributed by atoms with Crippen LogP contribution in [0.3, 0.4) is 0 Å². The number of aromatic amines is 1. The number of para-hydroxylation sites is 1. The topological polar surface area (TPSA) is 76.1 Å². The maximum absolute atomic E-state index is 12.8. The van der Waals surface area contributed by atoms with E-state index < -0.39 is 0 Å². The molecule has 6 heteroatoms. The Labute approximate surface area is 175 Å². The lowest BCUT2D eigenvalue weighted by Gasteiger charge is -2.14. The first-order valence-corrected chi connectivity index (χ1v) is 10.5. The Bertz CT molecular complexity index is 1020. The van der Waals surface area contributed by atoms with Crippen molar-refractivity contribution in [3.8, 4) is 5.69 Å². The molecule has 1 unspecified atom stereocenters. The summed E-state index contributed by atoms with van der Waals surface area (Å²) in [5, 5.41) is 6.23. The Morgan fingerprint density at radius 2 is 1.73 bits per heavy atom. The second kappa shape index (κ2) is 9.59. The van der Waals surface area contributed by atoms with Crippen LogP contribution in [0, 0.1) is 5.92 Å². The number of rotatable bonds is 7. The van der Waals surface area contributed by atoms with E-state index in [1.165, 1.54) is 0 Å². The lowest BCUT2D eigenvalue weighted by Crippen LogP contribution is -2.33. The van der Waals surface area contributed by atoms with Gasteiger partial charge in [0, 0.05) is 23.7 Å². The summed E-state index contributed by atoms with van der Waals surface area (Å²) in [7, 11) is 0. The number of fused-ring (bicyclic) bond motifs is 1. The molecule has 0 saturated carbocycles. The quantitative estimate of drug-likeness (QED) is 0.469. The molecular formula is C24H27N3O3. The van der Waals surface area contributed by atoms with E-state index in [0.29, 0.717) is 39.0 Å². The number of H-pyrrole nitrogens is 1. The van der Waals surface area contributed by atoms with E-state index in [0.717, 1.165) is 28.9 Å². The average Bonchev–Trinajstić information content (AvgIpc) is 2.96. The molecule has 3 aromatic rings. The van der Waals surface area contributed by atoms with Gasteiger partial charge in [0.2, 0.25) is 5.91 Å². The van der Waals surface area contributed by atoms with Crippen LogP contribution in [0.15, 0.2) is 65.5 Å². The molecule has 1 amide bonds. The van der Waals surface area contributed by atoms with Gasteiger partial charge in [-0.15, -0.1) is 0 Å². The lowest BCUT2D eigenvalue weighted by atomic mass is 9.99. The lowest BCUT2D eigenvalue weighted by molar-refractivity contribution is -0.125. The highest BCUT2D eigenvalue weighted by atomic mass is 16.5. The van der Waals surface area contributed by atoms with Crippen LogP contribution in [0.5, 0.6) is 0 Å². The zero-order chi connectivity index (χ0) is 20.8. The van der Waals surface area contributed by atoms with Crippen molar-refractivity contribution in [3.05, 3.63) is 87.8 Å². The van der Waals surface area contributed by atoms with Crippen molar-refractivity contribution in [1.82, 2.24) is 15.1 Å². The highest BCUT2D eigenvalue weighted by molar-refractivity contribution is 5.78. The van der Waals surface area contributed by atoms with E-state index in [-0.39, 0.29) is 17.4 Å². The summed E-state index contributed by atoms with van der Waals surface area (Å²) in [6.45, 7) is 1.52. The Morgan fingerprint density at radius 1 is 1.03 bits per heavy atom. The molecular weight excluding hydrogens is 378 g/mol. The van der Waals surface area contributed by atoms with Crippen molar-refractivity contribution in [3.63, 3.8) is 0 Å². The Morgan fingerprint density at radius 3 is 2.50 bits per heavy atom. The van der Waals surface area contributed by atoms with Crippen LogP contribution in [-0.4, -0.2) is 28.8 Å². The van der Waals surface area contributed by atoms with E-state index in [1.54, 1.807) is 4.68 Å². The smallest absolute Gasteiger partial charge is 0.274 e. The first-order valence-electron chi connectivity index (χ1n) is 10.5. The Balaban J connectivity index is 1.27. The van der Waals surface area contributed by atoms with Crippen molar-refractivity contribution in [2.75, 3.05) is 13.2 Å². The minimum absolute atomic E-state index is 0.00781. The molecule has 0 fully saturated rings. The summed E-state index contributed by atoms with van der Waals surface area (Å²) in [6, 6.07) is 19.6. The number of nitrogens with one attached hydrogen (secondary N) is 2. The monoisotopic (exact) mass is 405 g/mol. The van der Waals surface area contributed by atoms with Crippen molar-refractivity contribution in [1.29, 1.82) is 0 Å². The van der Waals surface area contributed by atoms with Crippen molar-refractivity contribution < 1.29 is 9.53 Å². The van der Waals surface area contributed by atoms with Gasteiger partial charge in [0.05, 0.1) is 18.9 Å². The maximum Gasteiger partial charge on any atom is 0.274 e. The summed E-state index contributed by atoms with van der Waals surface area (Å²) < 4.78 is 7.23. The third-order valence-corrected chi connectivity index (χ3v) is 5.60. The van der Waals surface area contributed by atoms with Crippen LogP contribution in [0.25, 0.3) is 5.69 Å². The predicted octanol–water partition coefficient (Wildman–Crippen LogP) is 2.99. The van der Waals surface area contributed by atoms with E-state index in [2.05, 4.69) is 10.4 Å². The number of carbonyl (C=O) groups is 1. The molecule has 2 aromatic carbocycles. The van der Waals surface area contributed by atoms with Gasteiger partial charge in [-0.2, -0.15) is 0 Å². The van der Waals surface area contributed by atoms with E-state index in [9.17, 15) is 9.59 Å². The Hall–Kier alpha value is -3.12. The van der Waals surface area contributed by atoms with Gasteiger partial charge in [0.1, 0.15) is 0 Å². The second-order valence-electron chi connectivity index (χ2n) is 7.65. The number of aromatic nitrogens is 2. The largest absolute Gasteiger partial charge is 0.375 e. The summed E-state index contributed by atoms with van der Waals surface area (Å²) in [5.74, 6) is -0.0312. The molecule has 1 aromatic heterocycles. The highest BCUT2D eigenvalue weighted by Crippen LogP contribution is 2.22. The number of hydrogen-bond donors (Lipinski definition) is 2. The van der Waals surface area contributed by atoms with Crippen LogP contribution in [-0.2, 0) is 29.0 Å². The number of nitrogens with zero attached hydrogens (tertiary/aromatic N) is 1. The molecule has 1 aliphatic carbocycles. The summed E-state index contributed by atoms with van der Waals surface area (Å²) in [6.07, 6.45) is 2.74. The van der Waals surface area contributed by atoms with Gasteiger partial charge < -0.3 is 10.1 Å². The van der Waals surface area contributed by atoms with Crippen LogP contribution >= 0.6 is 0 Å². The molecule has 0 bridgehead atoms. The second-order valence-corrected chi connectivity index (χ2v) is 7.65. The van der Waals surface area contributed by atoms with Crippen molar-refractivity contribution >= 4 is 5.91 Å². The number of amides is 1. The zero-order valence-electron chi connectivity index (χ0n) is 17.0. The third kappa shape index (κ3) is 4.71. The molecule has 1 aliphatic rings. The van der Waals surface area contributed by atoms with Gasteiger partial charge in [-0.3, -0.25) is 14.7 Å².